The van der Waals surface area contributed by atoms with Crippen LogP contribution in [0.15, 0.2) is 24.3 Å². The van der Waals surface area contributed by atoms with Crippen molar-refractivity contribution < 1.29 is 19.5 Å². The van der Waals surface area contributed by atoms with Crippen molar-refractivity contribution in [2.75, 3.05) is 0 Å². The topological polar surface area (TPSA) is 95.5 Å². The van der Waals surface area contributed by atoms with E-state index in [1.165, 1.54) is 0 Å². The number of carbonyl (C=O) groups is 3. The summed E-state index contributed by atoms with van der Waals surface area (Å²) < 4.78 is 0. The maximum absolute atomic E-state index is 12.3. The molecule has 2 unspecified atom stereocenters. The molecule has 3 N–H and O–H groups in total. The van der Waals surface area contributed by atoms with Crippen molar-refractivity contribution in [1.82, 2.24) is 10.6 Å². The van der Waals surface area contributed by atoms with E-state index in [1.54, 1.807) is 25.1 Å². The Morgan fingerprint density at radius 3 is 2.30 bits per heavy atom. The summed E-state index contributed by atoms with van der Waals surface area (Å²) in [6.07, 6.45) is -0.164. The second kappa shape index (κ2) is 8.31. The van der Waals surface area contributed by atoms with Crippen LogP contribution in [0.5, 0.6) is 0 Å². The minimum Gasteiger partial charge on any atom is -0.481 e. The fraction of sp³-hybridized carbons (Fsp3) is 0.471. The van der Waals surface area contributed by atoms with E-state index in [-0.39, 0.29) is 24.2 Å². The SMILES string of the molecule is Cc1cccc(C(=O)NC(C(=O)NC(C)CC(=O)O)C(C)C)c1. The fourth-order valence-corrected chi connectivity index (χ4v) is 2.19. The lowest BCUT2D eigenvalue weighted by atomic mass is 10.0. The Labute approximate surface area is 136 Å². The molecule has 0 aromatic heterocycles. The van der Waals surface area contributed by atoms with Crippen LogP contribution >= 0.6 is 0 Å². The monoisotopic (exact) mass is 320 g/mol. The summed E-state index contributed by atoms with van der Waals surface area (Å²) in [5, 5.41) is 14.1. The van der Waals surface area contributed by atoms with Crippen LogP contribution in [0, 0.1) is 12.8 Å². The van der Waals surface area contributed by atoms with Crippen LogP contribution in [0.4, 0.5) is 0 Å². The van der Waals surface area contributed by atoms with Gasteiger partial charge in [0.15, 0.2) is 0 Å². The zero-order valence-corrected chi connectivity index (χ0v) is 13.9. The highest BCUT2D eigenvalue weighted by Crippen LogP contribution is 2.08. The van der Waals surface area contributed by atoms with E-state index in [0.717, 1.165) is 5.56 Å². The van der Waals surface area contributed by atoms with Crippen LogP contribution in [-0.4, -0.2) is 35.0 Å². The molecule has 0 bridgehead atoms. The Balaban J connectivity index is 2.76. The van der Waals surface area contributed by atoms with Gasteiger partial charge in [-0.25, -0.2) is 0 Å². The lowest BCUT2D eigenvalue weighted by Crippen LogP contribution is -2.51. The molecule has 1 aromatic rings. The van der Waals surface area contributed by atoms with Crippen molar-refractivity contribution in [2.45, 2.75) is 46.2 Å². The Hall–Kier alpha value is -2.37. The van der Waals surface area contributed by atoms with E-state index in [2.05, 4.69) is 10.6 Å². The third-order valence-electron chi connectivity index (χ3n) is 3.39. The molecular formula is C17H24N2O4. The molecule has 0 fully saturated rings. The van der Waals surface area contributed by atoms with Gasteiger partial charge in [0.05, 0.1) is 6.42 Å². The summed E-state index contributed by atoms with van der Waals surface area (Å²) in [7, 11) is 0. The number of carbonyl (C=O) groups excluding carboxylic acids is 2. The van der Waals surface area contributed by atoms with Crippen molar-refractivity contribution in [3.05, 3.63) is 35.4 Å². The third kappa shape index (κ3) is 6.10. The van der Waals surface area contributed by atoms with Gasteiger partial charge in [0, 0.05) is 11.6 Å². The van der Waals surface area contributed by atoms with E-state index in [1.807, 2.05) is 26.8 Å². The first-order valence-corrected chi connectivity index (χ1v) is 7.60. The molecule has 0 aliphatic carbocycles. The predicted octanol–water partition coefficient (Wildman–Crippen LogP) is 1.73. The molecule has 2 atom stereocenters. The molecule has 2 amide bonds. The summed E-state index contributed by atoms with van der Waals surface area (Å²) in [5.41, 5.74) is 1.44. The normalized spacial score (nSPS) is 13.3. The molecule has 0 spiro atoms. The maximum atomic E-state index is 12.3. The van der Waals surface area contributed by atoms with Crippen molar-refractivity contribution in [3.8, 4) is 0 Å². The zero-order chi connectivity index (χ0) is 17.6. The maximum Gasteiger partial charge on any atom is 0.305 e. The number of hydrogen-bond acceptors (Lipinski definition) is 3. The molecule has 1 aromatic carbocycles. The largest absolute Gasteiger partial charge is 0.481 e. The highest BCUT2D eigenvalue weighted by Gasteiger charge is 2.26. The van der Waals surface area contributed by atoms with Gasteiger partial charge in [0.25, 0.3) is 5.91 Å². The van der Waals surface area contributed by atoms with Crippen molar-refractivity contribution >= 4 is 17.8 Å². The first-order valence-electron chi connectivity index (χ1n) is 7.60. The quantitative estimate of drug-likeness (QED) is 0.713. The lowest BCUT2D eigenvalue weighted by Gasteiger charge is -2.23. The Kier molecular flexibility index (Phi) is 6.75. The average molecular weight is 320 g/mol. The molecule has 0 radical (unpaired) electrons. The van der Waals surface area contributed by atoms with Gasteiger partial charge in [0.2, 0.25) is 5.91 Å². The number of carboxylic acid groups (broad SMARTS) is 1. The molecule has 1 rings (SSSR count). The number of aryl methyl sites for hydroxylation is 1. The van der Waals surface area contributed by atoms with Gasteiger partial charge in [0.1, 0.15) is 6.04 Å². The molecule has 0 aliphatic heterocycles. The van der Waals surface area contributed by atoms with Crippen LogP contribution < -0.4 is 10.6 Å². The molecular weight excluding hydrogens is 296 g/mol. The van der Waals surface area contributed by atoms with E-state index >= 15 is 0 Å². The summed E-state index contributed by atoms with van der Waals surface area (Å²) in [5.74, 6) is -1.81. The van der Waals surface area contributed by atoms with Crippen LogP contribution in [0.1, 0.15) is 43.1 Å². The fourth-order valence-electron chi connectivity index (χ4n) is 2.19. The Bertz CT molecular complexity index is 584. The minimum atomic E-state index is -0.984. The lowest BCUT2D eigenvalue weighted by molar-refractivity contribution is -0.137. The first-order chi connectivity index (χ1) is 10.7. The number of amides is 2. The third-order valence-corrected chi connectivity index (χ3v) is 3.39. The van der Waals surface area contributed by atoms with Gasteiger partial charge in [-0.15, -0.1) is 0 Å². The standard InChI is InChI=1S/C17H24N2O4/c1-10(2)15(17(23)18-12(4)9-14(20)21)19-16(22)13-7-5-6-11(3)8-13/h5-8,10,12,15H,9H2,1-4H3,(H,18,23)(H,19,22)(H,20,21). The highest BCUT2D eigenvalue weighted by molar-refractivity contribution is 5.97. The van der Waals surface area contributed by atoms with Crippen LogP contribution in [0.25, 0.3) is 0 Å². The summed E-state index contributed by atoms with van der Waals surface area (Å²) in [6, 6.07) is 5.87. The number of rotatable bonds is 7. The summed E-state index contributed by atoms with van der Waals surface area (Å²) in [6.45, 7) is 7.15. The zero-order valence-electron chi connectivity index (χ0n) is 13.9. The van der Waals surface area contributed by atoms with Crippen molar-refractivity contribution in [2.24, 2.45) is 5.92 Å². The second-order valence-electron chi connectivity index (χ2n) is 6.07. The summed E-state index contributed by atoms with van der Waals surface area (Å²) in [4.78, 5) is 35.3. The van der Waals surface area contributed by atoms with Gasteiger partial charge in [-0.3, -0.25) is 14.4 Å². The molecule has 0 aliphatic rings. The number of aliphatic carboxylic acids is 1. The van der Waals surface area contributed by atoms with Gasteiger partial charge >= 0.3 is 5.97 Å². The second-order valence-corrected chi connectivity index (χ2v) is 6.07. The highest BCUT2D eigenvalue weighted by atomic mass is 16.4. The molecule has 126 valence electrons. The smallest absolute Gasteiger partial charge is 0.305 e. The van der Waals surface area contributed by atoms with Gasteiger partial charge in [-0.2, -0.15) is 0 Å². The molecule has 0 heterocycles. The van der Waals surface area contributed by atoms with E-state index in [0.29, 0.717) is 5.56 Å². The summed E-state index contributed by atoms with van der Waals surface area (Å²) >= 11 is 0. The number of hydrogen-bond donors (Lipinski definition) is 3. The van der Waals surface area contributed by atoms with Gasteiger partial charge < -0.3 is 15.7 Å². The molecule has 0 saturated heterocycles. The molecule has 0 saturated carbocycles. The van der Waals surface area contributed by atoms with Gasteiger partial charge in [-0.1, -0.05) is 31.5 Å². The predicted molar refractivity (Wildman–Crippen MR) is 87.1 cm³/mol. The van der Waals surface area contributed by atoms with E-state index < -0.39 is 18.1 Å². The average Bonchev–Trinajstić information content (AvgIpc) is 2.42. The molecule has 6 nitrogen and oxygen atoms in total. The van der Waals surface area contributed by atoms with Crippen molar-refractivity contribution in [1.29, 1.82) is 0 Å². The molecule has 6 heteroatoms. The molecule has 23 heavy (non-hydrogen) atoms. The van der Waals surface area contributed by atoms with E-state index in [9.17, 15) is 14.4 Å². The Morgan fingerprint density at radius 1 is 1.13 bits per heavy atom. The Morgan fingerprint density at radius 2 is 1.78 bits per heavy atom. The van der Waals surface area contributed by atoms with Crippen LogP contribution in [-0.2, 0) is 9.59 Å². The first kappa shape index (κ1) is 18.7. The number of nitrogens with one attached hydrogen (secondary N) is 2. The number of benzene rings is 1. The van der Waals surface area contributed by atoms with Crippen LogP contribution in [0.3, 0.4) is 0 Å². The van der Waals surface area contributed by atoms with Crippen LogP contribution in [0.2, 0.25) is 0 Å². The van der Waals surface area contributed by atoms with E-state index in [4.69, 9.17) is 5.11 Å². The number of carboxylic acids is 1. The minimum absolute atomic E-state index is 0.124. The van der Waals surface area contributed by atoms with Crippen molar-refractivity contribution in [3.63, 3.8) is 0 Å². The van der Waals surface area contributed by atoms with Gasteiger partial charge in [-0.05, 0) is 31.9 Å².